The highest BCUT2D eigenvalue weighted by Crippen LogP contribution is 2.26. The fourth-order valence-corrected chi connectivity index (χ4v) is 5.58. The standard InChI is InChI=1S/C20H23BrN2O3S2/c1-27-17-9-5-15(6-10-17)14-22-20(24)19-4-2-3-13-23(19)28(25,26)18-11-7-16(21)8-12-18/h5-12,19H,2-4,13-14H2,1H3,(H,22,24)/t19-/m0/s1. The van der Waals surface area contributed by atoms with Gasteiger partial charge >= 0.3 is 0 Å². The summed E-state index contributed by atoms with van der Waals surface area (Å²) >= 11 is 4.98. The van der Waals surface area contributed by atoms with E-state index >= 15 is 0 Å². The van der Waals surface area contributed by atoms with Crippen molar-refractivity contribution >= 4 is 43.6 Å². The molecule has 1 saturated heterocycles. The summed E-state index contributed by atoms with van der Waals surface area (Å²) in [7, 11) is -3.72. The molecule has 1 heterocycles. The normalized spacial score (nSPS) is 18.0. The molecule has 5 nitrogen and oxygen atoms in total. The summed E-state index contributed by atoms with van der Waals surface area (Å²) in [6, 6.07) is 13.8. The molecule has 150 valence electrons. The molecule has 0 unspecified atom stereocenters. The molecule has 1 atom stereocenters. The molecule has 2 aromatic carbocycles. The Hall–Kier alpha value is -1.35. The Kier molecular flexibility index (Phi) is 7.20. The number of hydrogen-bond acceptors (Lipinski definition) is 4. The summed E-state index contributed by atoms with van der Waals surface area (Å²) < 4.78 is 28.3. The molecule has 3 rings (SSSR count). The quantitative estimate of drug-likeness (QED) is 0.631. The van der Waals surface area contributed by atoms with Crippen molar-refractivity contribution in [3.05, 3.63) is 58.6 Å². The van der Waals surface area contributed by atoms with Gasteiger partial charge in [-0.1, -0.05) is 34.5 Å². The third-order valence-electron chi connectivity index (χ3n) is 4.80. The SMILES string of the molecule is CSc1ccc(CNC(=O)[C@@H]2CCCCN2S(=O)(=O)c2ccc(Br)cc2)cc1. The van der Waals surface area contributed by atoms with Gasteiger partial charge in [-0.25, -0.2) is 8.42 Å². The van der Waals surface area contributed by atoms with Crippen LogP contribution in [0.4, 0.5) is 0 Å². The number of nitrogens with zero attached hydrogens (tertiary/aromatic N) is 1. The van der Waals surface area contributed by atoms with Gasteiger partial charge in [0.25, 0.3) is 0 Å². The smallest absolute Gasteiger partial charge is 0.243 e. The number of hydrogen-bond donors (Lipinski definition) is 1. The van der Waals surface area contributed by atoms with Gasteiger partial charge in [0.1, 0.15) is 6.04 Å². The van der Waals surface area contributed by atoms with E-state index in [0.29, 0.717) is 19.5 Å². The average Bonchev–Trinajstić information content (AvgIpc) is 2.72. The van der Waals surface area contributed by atoms with Crippen LogP contribution in [0.2, 0.25) is 0 Å². The number of halogens is 1. The van der Waals surface area contributed by atoms with Crippen molar-refractivity contribution < 1.29 is 13.2 Å². The Morgan fingerprint density at radius 3 is 2.46 bits per heavy atom. The second-order valence-electron chi connectivity index (χ2n) is 6.65. The predicted molar refractivity (Wildman–Crippen MR) is 116 cm³/mol. The predicted octanol–water partition coefficient (Wildman–Crippen LogP) is 4.03. The van der Waals surface area contributed by atoms with E-state index in [1.165, 1.54) is 4.31 Å². The molecule has 0 saturated carbocycles. The van der Waals surface area contributed by atoms with Crippen LogP contribution in [0.1, 0.15) is 24.8 Å². The van der Waals surface area contributed by atoms with Gasteiger partial charge in [0, 0.05) is 22.5 Å². The molecular formula is C20H23BrN2O3S2. The lowest BCUT2D eigenvalue weighted by Crippen LogP contribution is -2.51. The Morgan fingerprint density at radius 2 is 1.82 bits per heavy atom. The van der Waals surface area contributed by atoms with Crippen molar-refractivity contribution in [1.82, 2.24) is 9.62 Å². The highest BCUT2D eigenvalue weighted by Gasteiger charge is 2.37. The first-order valence-electron chi connectivity index (χ1n) is 9.10. The van der Waals surface area contributed by atoms with E-state index in [2.05, 4.69) is 21.2 Å². The number of sulfonamides is 1. The Balaban J connectivity index is 1.72. The molecule has 2 aromatic rings. The third-order valence-corrected chi connectivity index (χ3v) is 8.00. The zero-order valence-corrected chi connectivity index (χ0v) is 18.8. The zero-order chi connectivity index (χ0) is 20.1. The van der Waals surface area contributed by atoms with Crippen LogP contribution in [0.15, 0.2) is 62.8 Å². The third kappa shape index (κ3) is 4.97. The molecule has 28 heavy (non-hydrogen) atoms. The summed E-state index contributed by atoms with van der Waals surface area (Å²) in [5.41, 5.74) is 0.990. The van der Waals surface area contributed by atoms with Crippen molar-refractivity contribution in [1.29, 1.82) is 0 Å². The number of rotatable bonds is 6. The summed E-state index contributed by atoms with van der Waals surface area (Å²) in [4.78, 5) is 14.2. The highest BCUT2D eigenvalue weighted by molar-refractivity contribution is 9.10. The molecule has 1 aliphatic heterocycles. The summed E-state index contributed by atoms with van der Waals surface area (Å²) in [5, 5.41) is 2.91. The van der Waals surface area contributed by atoms with E-state index in [4.69, 9.17) is 0 Å². The van der Waals surface area contributed by atoms with Crippen LogP contribution in [-0.4, -0.2) is 37.5 Å². The molecule has 8 heteroatoms. The Labute approximate surface area is 179 Å². The van der Waals surface area contributed by atoms with Crippen LogP contribution in [0.3, 0.4) is 0 Å². The molecule has 0 aromatic heterocycles. The zero-order valence-electron chi connectivity index (χ0n) is 15.6. The monoisotopic (exact) mass is 482 g/mol. The van der Waals surface area contributed by atoms with E-state index in [-0.39, 0.29) is 10.8 Å². The van der Waals surface area contributed by atoms with Gasteiger partial charge < -0.3 is 5.32 Å². The Bertz CT molecular complexity index is 915. The molecule has 0 radical (unpaired) electrons. The van der Waals surface area contributed by atoms with E-state index in [9.17, 15) is 13.2 Å². The maximum atomic E-state index is 13.1. The van der Waals surface area contributed by atoms with Gasteiger partial charge in [-0.05, 0) is 61.1 Å². The molecule has 1 N–H and O–H groups in total. The number of carbonyl (C=O) groups excluding carboxylic acids is 1. The van der Waals surface area contributed by atoms with Gasteiger partial charge in [0.05, 0.1) is 4.90 Å². The van der Waals surface area contributed by atoms with E-state index < -0.39 is 16.1 Å². The second-order valence-corrected chi connectivity index (χ2v) is 10.3. The fourth-order valence-electron chi connectivity index (χ4n) is 3.25. The van der Waals surface area contributed by atoms with Gasteiger partial charge in [0.2, 0.25) is 15.9 Å². The van der Waals surface area contributed by atoms with Crippen molar-refractivity contribution in [2.24, 2.45) is 0 Å². The minimum atomic E-state index is -3.72. The van der Waals surface area contributed by atoms with E-state index in [0.717, 1.165) is 27.8 Å². The van der Waals surface area contributed by atoms with Gasteiger partial charge in [-0.3, -0.25) is 4.79 Å². The molecule has 0 spiro atoms. The van der Waals surface area contributed by atoms with Crippen molar-refractivity contribution in [2.45, 2.75) is 41.6 Å². The summed E-state index contributed by atoms with van der Waals surface area (Å²) in [5.74, 6) is -0.241. The molecular weight excluding hydrogens is 460 g/mol. The van der Waals surface area contributed by atoms with Gasteiger partial charge in [-0.15, -0.1) is 11.8 Å². The first kappa shape index (κ1) is 21.4. The van der Waals surface area contributed by atoms with Crippen molar-refractivity contribution in [3.63, 3.8) is 0 Å². The lowest BCUT2D eigenvalue weighted by atomic mass is 10.0. The molecule has 1 fully saturated rings. The van der Waals surface area contributed by atoms with Crippen LogP contribution < -0.4 is 5.32 Å². The first-order valence-corrected chi connectivity index (χ1v) is 12.6. The molecule has 0 aliphatic carbocycles. The second kappa shape index (κ2) is 9.43. The van der Waals surface area contributed by atoms with Crippen LogP contribution in [-0.2, 0) is 21.4 Å². The number of carbonyl (C=O) groups is 1. The summed E-state index contributed by atoms with van der Waals surface area (Å²) in [6.45, 7) is 0.745. The fraction of sp³-hybridized carbons (Fsp3) is 0.350. The van der Waals surface area contributed by atoms with Gasteiger partial charge in [0.15, 0.2) is 0 Å². The number of benzene rings is 2. The van der Waals surface area contributed by atoms with Crippen LogP contribution in [0.25, 0.3) is 0 Å². The van der Waals surface area contributed by atoms with Gasteiger partial charge in [-0.2, -0.15) is 4.31 Å². The summed E-state index contributed by atoms with van der Waals surface area (Å²) in [6.07, 6.45) is 4.15. The number of piperidine rings is 1. The minimum Gasteiger partial charge on any atom is -0.351 e. The minimum absolute atomic E-state index is 0.211. The van der Waals surface area contributed by atoms with Crippen molar-refractivity contribution in [2.75, 3.05) is 12.8 Å². The largest absolute Gasteiger partial charge is 0.351 e. The molecule has 1 aliphatic rings. The maximum absolute atomic E-state index is 13.1. The number of amides is 1. The first-order chi connectivity index (χ1) is 13.4. The maximum Gasteiger partial charge on any atom is 0.243 e. The molecule has 0 bridgehead atoms. The van der Waals surface area contributed by atoms with Crippen LogP contribution in [0.5, 0.6) is 0 Å². The lowest BCUT2D eigenvalue weighted by molar-refractivity contribution is -0.125. The van der Waals surface area contributed by atoms with E-state index in [1.54, 1.807) is 36.0 Å². The molecule has 1 amide bonds. The Morgan fingerprint density at radius 1 is 1.14 bits per heavy atom. The van der Waals surface area contributed by atoms with Crippen LogP contribution in [0, 0.1) is 0 Å². The lowest BCUT2D eigenvalue weighted by Gasteiger charge is -2.33. The van der Waals surface area contributed by atoms with Crippen molar-refractivity contribution in [3.8, 4) is 0 Å². The topological polar surface area (TPSA) is 66.5 Å². The number of nitrogens with one attached hydrogen (secondary N) is 1. The highest BCUT2D eigenvalue weighted by atomic mass is 79.9. The number of thioether (sulfide) groups is 1. The van der Waals surface area contributed by atoms with E-state index in [1.807, 2.05) is 30.5 Å². The average molecular weight is 483 g/mol. The van der Waals surface area contributed by atoms with Crippen LogP contribution >= 0.6 is 27.7 Å².